The Morgan fingerprint density at radius 1 is 1.25 bits per heavy atom. The number of fused-ring (bicyclic) bond motifs is 1. The third-order valence-electron chi connectivity index (χ3n) is 4.99. The van der Waals surface area contributed by atoms with Crippen LogP contribution in [0, 0.1) is 6.92 Å². The summed E-state index contributed by atoms with van der Waals surface area (Å²) < 4.78 is 13.1. The third kappa shape index (κ3) is 3.80. The summed E-state index contributed by atoms with van der Waals surface area (Å²) in [6.07, 6.45) is 3.57. The second-order valence-corrected chi connectivity index (χ2v) is 8.01. The van der Waals surface area contributed by atoms with Crippen LogP contribution in [0.25, 0.3) is 16.6 Å². The van der Waals surface area contributed by atoms with Crippen molar-refractivity contribution in [3.63, 3.8) is 0 Å². The molecule has 3 aromatic rings. The lowest BCUT2D eigenvalue weighted by Crippen LogP contribution is -2.25. The summed E-state index contributed by atoms with van der Waals surface area (Å²) in [5, 5.41) is 1.27. The first-order valence-electron chi connectivity index (χ1n) is 9.58. The molecule has 28 heavy (non-hydrogen) atoms. The molecule has 0 saturated carbocycles. The van der Waals surface area contributed by atoms with E-state index in [0.29, 0.717) is 21.8 Å². The predicted molar refractivity (Wildman–Crippen MR) is 113 cm³/mol. The first kappa shape index (κ1) is 19.0. The Hall–Kier alpha value is -2.31. The Morgan fingerprint density at radius 2 is 2.11 bits per heavy atom. The molecule has 0 bridgehead atoms. The molecular weight excluding hydrogens is 372 g/mol. The molecule has 1 fully saturated rings. The SMILES string of the molecule is COc1ccc(C)cc1-n1c(SC[C@@H]2CCCCO2)nc2ccccc2c1=O. The van der Waals surface area contributed by atoms with E-state index in [0.717, 1.165) is 36.5 Å². The lowest BCUT2D eigenvalue weighted by atomic mass is 10.1. The summed E-state index contributed by atoms with van der Waals surface area (Å²) in [5.41, 5.74) is 2.41. The van der Waals surface area contributed by atoms with Crippen LogP contribution in [0.15, 0.2) is 52.4 Å². The highest BCUT2D eigenvalue weighted by atomic mass is 32.2. The van der Waals surface area contributed by atoms with E-state index in [1.165, 1.54) is 6.42 Å². The first-order valence-corrected chi connectivity index (χ1v) is 10.6. The van der Waals surface area contributed by atoms with E-state index >= 15 is 0 Å². The molecular formula is C22H24N2O3S. The summed E-state index contributed by atoms with van der Waals surface area (Å²) in [6, 6.07) is 13.3. The van der Waals surface area contributed by atoms with E-state index in [1.807, 2.05) is 49.4 Å². The van der Waals surface area contributed by atoms with Crippen LogP contribution in [0.4, 0.5) is 0 Å². The molecule has 1 aromatic heterocycles. The lowest BCUT2D eigenvalue weighted by Gasteiger charge is -2.23. The smallest absolute Gasteiger partial charge is 0.266 e. The predicted octanol–water partition coefficient (Wildman–Crippen LogP) is 4.36. The average molecular weight is 397 g/mol. The molecule has 5 nitrogen and oxygen atoms in total. The van der Waals surface area contributed by atoms with Gasteiger partial charge in [-0.05, 0) is 56.0 Å². The maximum absolute atomic E-state index is 13.4. The van der Waals surface area contributed by atoms with Crippen molar-refractivity contribution in [2.24, 2.45) is 0 Å². The zero-order valence-corrected chi connectivity index (χ0v) is 17.0. The third-order valence-corrected chi connectivity index (χ3v) is 6.06. The van der Waals surface area contributed by atoms with Crippen LogP contribution in [0.1, 0.15) is 24.8 Å². The maximum atomic E-state index is 13.4. The number of hydrogen-bond donors (Lipinski definition) is 0. The van der Waals surface area contributed by atoms with Crippen LogP contribution >= 0.6 is 11.8 Å². The minimum atomic E-state index is -0.0819. The Bertz CT molecular complexity index is 1040. The van der Waals surface area contributed by atoms with Crippen molar-refractivity contribution in [1.82, 2.24) is 9.55 Å². The maximum Gasteiger partial charge on any atom is 0.266 e. The van der Waals surface area contributed by atoms with Crippen molar-refractivity contribution >= 4 is 22.7 Å². The second kappa shape index (κ2) is 8.37. The van der Waals surface area contributed by atoms with Gasteiger partial charge in [0.1, 0.15) is 5.75 Å². The molecule has 1 aliphatic rings. The van der Waals surface area contributed by atoms with Gasteiger partial charge in [0.2, 0.25) is 0 Å². The number of ether oxygens (including phenoxy) is 2. The number of para-hydroxylation sites is 1. The Labute approximate surface area is 168 Å². The number of methoxy groups -OCH3 is 1. The molecule has 0 unspecified atom stereocenters. The van der Waals surface area contributed by atoms with Gasteiger partial charge < -0.3 is 9.47 Å². The van der Waals surface area contributed by atoms with Crippen LogP contribution in [0.2, 0.25) is 0 Å². The van der Waals surface area contributed by atoms with E-state index in [4.69, 9.17) is 14.5 Å². The van der Waals surface area contributed by atoms with Crippen molar-refractivity contribution in [2.45, 2.75) is 37.4 Å². The van der Waals surface area contributed by atoms with Crippen molar-refractivity contribution < 1.29 is 9.47 Å². The summed E-state index contributed by atoms with van der Waals surface area (Å²) in [5.74, 6) is 1.43. The Kier molecular flexibility index (Phi) is 5.69. The largest absolute Gasteiger partial charge is 0.495 e. The van der Waals surface area contributed by atoms with E-state index in [9.17, 15) is 4.79 Å². The summed E-state index contributed by atoms with van der Waals surface area (Å²) in [4.78, 5) is 18.2. The Balaban J connectivity index is 1.84. The van der Waals surface area contributed by atoms with Gasteiger partial charge in [-0.1, -0.05) is 30.0 Å². The molecule has 2 aromatic carbocycles. The lowest BCUT2D eigenvalue weighted by molar-refractivity contribution is 0.0315. The number of aryl methyl sites for hydroxylation is 1. The molecule has 1 saturated heterocycles. The molecule has 0 radical (unpaired) electrons. The van der Waals surface area contributed by atoms with E-state index < -0.39 is 0 Å². The van der Waals surface area contributed by atoms with Gasteiger partial charge >= 0.3 is 0 Å². The number of thioether (sulfide) groups is 1. The van der Waals surface area contributed by atoms with Crippen molar-refractivity contribution in [1.29, 1.82) is 0 Å². The van der Waals surface area contributed by atoms with Crippen LogP contribution < -0.4 is 10.3 Å². The fourth-order valence-electron chi connectivity index (χ4n) is 3.50. The molecule has 0 N–H and O–H groups in total. The van der Waals surface area contributed by atoms with E-state index in [2.05, 4.69) is 0 Å². The second-order valence-electron chi connectivity index (χ2n) is 7.03. The van der Waals surface area contributed by atoms with Crippen LogP contribution in [-0.4, -0.2) is 35.1 Å². The highest BCUT2D eigenvalue weighted by Gasteiger charge is 2.20. The molecule has 146 valence electrons. The molecule has 6 heteroatoms. The van der Waals surface area contributed by atoms with Crippen LogP contribution in [0.3, 0.4) is 0 Å². The number of rotatable bonds is 5. The average Bonchev–Trinajstić information content (AvgIpc) is 2.73. The van der Waals surface area contributed by atoms with Gasteiger partial charge in [-0.25, -0.2) is 4.98 Å². The van der Waals surface area contributed by atoms with Crippen LogP contribution in [0.5, 0.6) is 5.75 Å². The fraction of sp³-hybridized carbons (Fsp3) is 0.364. The van der Waals surface area contributed by atoms with Gasteiger partial charge in [0.15, 0.2) is 5.16 Å². The zero-order chi connectivity index (χ0) is 19.5. The van der Waals surface area contributed by atoms with Crippen molar-refractivity contribution in [2.75, 3.05) is 19.5 Å². The van der Waals surface area contributed by atoms with Crippen molar-refractivity contribution in [3.8, 4) is 11.4 Å². The van der Waals surface area contributed by atoms with Gasteiger partial charge in [0.05, 0.1) is 29.8 Å². The molecule has 0 spiro atoms. The van der Waals surface area contributed by atoms with Gasteiger partial charge in [-0.15, -0.1) is 0 Å². The fourth-order valence-corrected chi connectivity index (χ4v) is 4.57. The molecule has 1 atom stereocenters. The van der Waals surface area contributed by atoms with Crippen molar-refractivity contribution in [3.05, 3.63) is 58.4 Å². The topological polar surface area (TPSA) is 53.4 Å². The molecule has 0 aliphatic carbocycles. The van der Waals surface area contributed by atoms with Gasteiger partial charge in [-0.3, -0.25) is 9.36 Å². The molecule has 1 aliphatic heterocycles. The quantitative estimate of drug-likeness (QED) is 0.474. The van der Waals surface area contributed by atoms with E-state index in [1.54, 1.807) is 23.4 Å². The number of hydrogen-bond acceptors (Lipinski definition) is 5. The standard InChI is InChI=1S/C22H24N2O3S/c1-15-10-11-20(26-2)19(13-15)24-21(25)17-8-3-4-9-18(17)23-22(24)28-14-16-7-5-6-12-27-16/h3-4,8-11,13,16H,5-7,12,14H2,1-2H3/t16-/m0/s1. The minimum absolute atomic E-state index is 0.0819. The number of benzene rings is 2. The normalized spacial score (nSPS) is 17.0. The first-order chi connectivity index (χ1) is 13.7. The van der Waals surface area contributed by atoms with Gasteiger partial charge in [0, 0.05) is 12.4 Å². The molecule has 4 rings (SSSR count). The molecule has 2 heterocycles. The minimum Gasteiger partial charge on any atom is -0.495 e. The highest BCUT2D eigenvalue weighted by Crippen LogP contribution is 2.29. The number of nitrogens with zero attached hydrogens (tertiary/aromatic N) is 2. The Morgan fingerprint density at radius 3 is 2.89 bits per heavy atom. The zero-order valence-electron chi connectivity index (χ0n) is 16.2. The number of aromatic nitrogens is 2. The molecule has 0 amide bonds. The van der Waals surface area contributed by atoms with Gasteiger partial charge in [-0.2, -0.15) is 0 Å². The van der Waals surface area contributed by atoms with E-state index in [-0.39, 0.29) is 11.7 Å². The summed E-state index contributed by atoms with van der Waals surface area (Å²) in [6.45, 7) is 2.82. The van der Waals surface area contributed by atoms with Crippen LogP contribution in [-0.2, 0) is 4.74 Å². The highest BCUT2D eigenvalue weighted by molar-refractivity contribution is 7.99. The monoisotopic (exact) mass is 396 g/mol. The summed E-state index contributed by atoms with van der Waals surface area (Å²) in [7, 11) is 1.62. The summed E-state index contributed by atoms with van der Waals surface area (Å²) >= 11 is 1.57. The van der Waals surface area contributed by atoms with Gasteiger partial charge in [0.25, 0.3) is 5.56 Å².